The Balaban J connectivity index is 3.07. The van der Waals surface area contributed by atoms with E-state index in [4.69, 9.17) is 0 Å². The molecule has 0 aliphatic carbocycles. The van der Waals surface area contributed by atoms with Gasteiger partial charge in [0.1, 0.15) is 0 Å². The lowest BCUT2D eigenvalue weighted by atomic mass is 10.1. The second-order valence-corrected chi connectivity index (χ2v) is 6.41. The van der Waals surface area contributed by atoms with Crippen LogP contribution < -0.4 is 5.11 Å². The Hall–Kier alpha value is -0.790. The molecule has 0 aromatic rings. The van der Waals surface area contributed by atoms with Crippen molar-refractivity contribution in [2.75, 3.05) is 0 Å². The largest absolute Gasteiger partial charge is 0.550 e. The van der Waals surface area contributed by atoms with Crippen molar-refractivity contribution >= 4 is 5.97 Å². The van der Waals surface area contributed by atoms with Crippen LogP contribution in [0.1, 0.15) is 110 Å². The van der Waals surface area contributed by atoms with Crippen LogP contribution >= 0.6 is 0 Å². The first kappa shape index (κ1) is 21.2. The van der Waals surface area contributed by atoms with Crippen molar-refractivity contribution in [2.45, 2.75) is 110 Å². The molecule has 2 nitrogen and oxygen atoms in total. The molecule has 0 rings (SSSR count). The number of allylic oxidation sites excluding steroid dienone is 2. The number of carboxylic acids is 1. The molecular formula is C20H37O2-. The maximum atomic E-state index is 10.2. The number of unbranched alkanes of at least 4 members (excludes halogenated alkanes) is 13. The zero-order chi connectivity index (χ0) is 16.3. The Morgan fingerprint density at radius 2 is 1.09 bits per heavy atom. The van der Waals surface area contributed by atoms with E-state index in [9.17, 15) is 9.90 Å². The number of aliphatic carboxylic acids is 1. The van der Waals surface area contributed by atoms with Crippen LogP contribution in [0.3, 0.4) is 0 Å². The molecule has 0 amide bonds. The fourth-order valence-corrected chi connectivity index (χ4v) is 2.69. The van der Waals surface area contributed by atoms with Gasteiger partial charge in [0, 0.05) is 5.97 Å². The summed E-state index contributed by atoms with van der Waals surface area (Å²) in [4.78, 5) is 10.2. The molecule has 0 saturated heterocycles. The molecule has 0 bridgehead atoms. The third kappa shape index (κ3) is 19.2. The van der Waals surface area contributed by atoms with E-state index in [1.54, 1.807) is 0 Å². The first-order chi connectivity index (χ1) is 10.8. The van der Waals surface area contributed by atoms with Crippen LogP contribution in [0, 0.1) is 0 Å². The van der Waals surface area contributed by atoms with Gasteiger partial charge in [0.25, 0.3) is 0 Å². The van der Waals surface area contributed by atoms with E-state index in [1.807, 2.05) is 0 Å². The summed E-state index contributed by atoms with van der Waals surface area (Å²) < 4.78 is 0. The molecule has 0 aromatic carbocycles. The van der Waals surface area contributed by atoms with Crippen molar-refractivity contribution in [3.05, 3.63) is 12.2 Å². The molecule has 0 fully saturated rings. The van der Waals surface area contributed by atoms with Gasteiger partial charge in [-0.25, -0.2) is 0 Å². The number of rotatable bonds is 17. The molecule has 0 aliphatic rings. The number of hydrogen-bond acceptors (Lipinski definition) is 2. The lowest BCUT2D eigenvalue weighted by Crippen LogP contribution is -2.21. The summed E-state index contributed by atoms with van der Waals surface area (Å²) in [6, 6.07) is 0. The highest BCUT2D eigenvalue weighted by molar-refractivity contribution is 5.63. The Labute approximate surface area is 138 Å². The third-order valence-corrected chi connectivity index (χ3v) is 4.14. The summed E-state index contributed by atoms with van der Waals surface area (Å²) >= 11 is 0. The Morgan fingerprint density at radius 3 is 1.55 bits per heavy atom. The van der Waals surface area contributed by atoms with Crippen molar-refractivity contribution in [2.24, 2.45) is 0 Å². The second-order valence-electron chi connectivity index (χ2n) is 6.41. The van der Waals surface area contributed by atoms with Gasteiger partial charge in [-0.15, -0.1) is 0 Å². The van der Waals surface area contributed by atoms with Gasteiger partial charge in [-0.1, -0.05) is 83.3 Å². The maximum Gasteiger partial charge on any atom is 0.0414 e. The summed E-state index contributed by atoms with van der Waals surface area (Å²) in [5, 5.41) is 10.2. The lowest BCUT2D eigenvalue weighted by molar-refractivity contribution is -0.305. The first-order valence-electron chi connectivity index (χ1n) is 9.62. The second kappa shape index (κ2) is 18.3. The SMILES string of the molecule is CCCCCCCCCC/C=C/CCCCCCCC(=O)[O-]. The van der Waals surface area contributed by atoms with Crippen LogP contribution in [0.25, 0.3) is 0 Å². The Bertz CT molecular complexity index is 258. The van der Waals surface area contributed by atoms with Crippen LogP contribution in [0.2, 0.25) is 0 Å². The zero-order valence-corrected chi connectivity index (χ0v) is 14.8. The number of carbonyl (C=O) groups excluding carboxylic acids is 1. The molecule has 0 unspecified atom stereocenters. The summed E-state index contributed by atoms with van der Waals surface area (Å²) in [5.41, 5.74) is 0. The van der Waals surface area contributed by atoms with Gasteiger partial charge in [-0.05, 0) is 38.5 Å². The van der Waals surface area contributed by atoms with Crippen molar-refractivity contribution in [3.8, 4) is 0 Å². The molecule has 0 atom stereocenters. The molecule has 0 radical (unpaired) electrons. The lowest BCUT2D eigenvalue weighted by Gasteiger charge is -2.01. The number of carboxylic acid groups (broad SMARTS) is 1. The monoisotopic (exact) mass is 309 g/mol. The molecule has 0 aliphatic heterocycles. The topological polar surface area (TPSA) is 40.1 Å². The van der Waals surface area contributed by atoms with E-state index in [0.29, 0.717) is 0 Å². The standard InChI is InChI=1S/C20H38O2/c1-2-3-4-5-6-7-8-9-10-11-12-13-14-15-16-17-18-19-20(21)22/h11-12H,2-10,13-19H2,1H3,(H,21,22)/p-1/b12-11+. The Kier molecular flexibility index (Phi) is 17.6. The quantitative estimate of drug-likeness (QED) is 0.261. The molecule has 2 heteroatoms. The summed E-state index contributed by atoms with van der Waals surface area (Å²) in [6.45, 7) is 2.27. The average molecular weight is 310 g/mol. The highest BCUT2D eigenvalue weighted by Gasteiger charge is 1.92. The zero-order valence-electron chi connectivity index (χ0n) is 14.8. The normalized spacial score (nSPS) is 11.3. The summed E-state index contributed by atoms with van der Waals surface area (Å²) in [5.74, 6) is -0.913. The van der Waals surface area contributed by atoms with Crippen molar-refractivity contribution in [1.29, 1.82) is 0 Å². The van der Waals surface area contributed by atoms with Gasteiger partial charge in [0.15, 0.2) is 0 Å². The number of hydrogen-bond donors (Lipinski definition) is 0. The van der Waals surface area contributed by atoms with Crippen LogP contribution in [-0.2, 0) is 4.79 Å². The molecule has 130 valence electrons. The predicted octanol–water partition coefficient (Wildman–Crippen LogP) is 5.55. The van der Waals surface area contributed by atoms with E-state index >= 15 is 0 Å². The third-order valence-electron chi connectivity index (χ3n) is 4.14. The smallest absolute Gasteiger partial charge is 0.0414 e. The molecular weight excluding hydrogens is 272 g/mol. The predicted molar refractivity (Wildman–Crippen MR) is 93.7 cm³/mol. The van der Waals surface area contributed by atoms with Gasteiger partial charge >= 0.3 is 0 Å². The number of carbonyl (C=O) groups is 1. The van der Waals surface area contributed by atoms with E-state index in [0.717, 1.165) is 19.3 Å². The van der Waals surface area contributed by atoms with Crippen LogP contribution in [0.15, 0.2) is 12.2 Å². The minimum Gasteiger partial charge on any atom is -0.550 e. The van der Waals surface area contributed by atoms with Crippen LogP contribution in [-0.4, -0.2) is 5.97 Å². The highest BCUT2D eigenvalue weighted by atomic mass is 16.4. The highest BCUT2D eigenvalue weighted by Crippen LogP contribution is 2.10. The summed E-state index contributed by atoms with van der Waals surface area (Å²) in [7, 11) is 0. The van der Waals surface area contributed by atoms with Gasteiger partial charge in [0.05, 0.1) is 0 Å². The minimum absolute atomic E-state index is 0.221. The van der Waals surface area contributed by atoms with Gasteiger partial charge in [-0.2, -0.15) is 0 Å². The molecule has 0 heterocycles. The fourth-order valence-electron chi connectivity index (χ4n) is 2.69. The van der Waals surface area contributed by atoms with Crippen molar-refractivity contribution in [1.82, 2.24) is 0 Å². The first-order valence-corrected chi connectivity index (χ1v) is 9.62. The summed E-state index contributed by atoms with van der Waals surface area (Å²) in [6.07, 6.45) is 23.8. The van der Waals surface area contributed by atoms with E-state index < -0.39 is 5.97 Å². The van der Waals surface area contributed by atoms with E-state index in [1.165, 1.54) is 77.0 Å². The van der Waals surface area contributed by atoms with Crippen LogP contribution in [0.4, 0.5) is 0 Å². The van der Waals surface area contributed by atoms with Gasteiger partial charge in [0.2, 0.25) is 0 Å². The van der Waals surface area contributed by atoms with E-state index in [2.05, 4.69) is 19.1 Å². The van der Waals surface area contributed by atoms with Gasteiger partial charge < -0.3 is 9.90 Å². The molecule has 0 spiro atoms. The molecule has 0 aromatic heterocycles. The van der Waals surface area contributed by atoms with Crippen LogP contribution in [0.5, 0.6) is 0 Å². The average Bonchev–Trinajstić information content (AvgIpc) is 2.50. The maximum absolute atomic E-state index is 10.2. The fraction of sp³-hybridized carbons (Fsp3) is 0.850. The van der Waals surface area contributed by atoms with Crippen molar-refractivity contribution in [3.63, 3.8) is 0 Å². The van der Waals surface area contributed by atoms with Gasteiger partial charge in [-0.3, -0.25) is 0 Å². The minimum atomic E-state index is -0.913. The van der Waals surface area contributed by atoms with Crippen molar-refractivity contribution < 1.29 is 9.90 Å². The molecule has 22 heavy (non-hydrogen) atoms. The van der Waals surface area contributed by atoms with E-state index in [-0.39, 0.29) is 6.42 Å². The molecule has 0 saturated carbocycles. The molecule has 0 N–H and O–H groups in total. The Morgan fingerprint density at radius 1 is 0.682 bits per heavy atom.